The van der Waals surface area contributed by atoms with Gasteiger partial charge in [-0.1, -0.05) is 0 Å². The van der Waals surface area contributed by atoms with Gasteiger partial charge in [0.2, 0.25) is 11.8 Å². The van der Waals surface area contributed by atoms with Crippen LogP contribution < -0.4 is 5.32 Å². The molecule has 1 N–H and O–H groups in total. The number of amides is 2. The van der Waals surface area contributed by atoms with Crippen molar-refractivity contribution in [2.45, 2.75) is 6.42 Å². The van der Waals surface area contributed by atoms with E-state index in [4.69, 9.17) is 0 Å². The van der Waals surface area contributed by atoms with Crippen molar-refractivity contribution in [1.82, 2.24) is 15.1 Å². The molecule has 0 aliphatic carbocycles. The van der Waals surface area contributed by atoms with Crippen molar-refractivity contribution in [3.63, 3.8) is 0 Å². The van der Waals surface area contributed by atoms with Crippen LogP contribution >= 0.6 is 0 Å². The van der Waals surface area contributed by atoms with E-state index in [0.29, 0.717) is 13.0 Å². The Balaban J connectivity index is 3.89. The third-order valence-corrected chi connectivity index (χ3v) is 1.89. The number of rotatable bonds is 5. The van der Waals surface area contributed by atoms with E-state index in [1.54, 1.807) is 28.2 Å². The number of carbonyl (C=O) groups excluding carboxylic acids is 2. The zero-order chi connectivity index (χ0) is 11.1. The summed E-state index contributed by atoms with van der Waals surface area (Å²) in [7, 11) is 6.78. The molecule has 0 radical (unpaired) electrons. The molecule has 0 fully saturated rings. The Morgan fingerprint density at radius 3 is 2.14 bits per heavy atom. The minimum Gasteiger partial charge on any atom is -0.347 e. The lowest BCUT2D eigenvalue weighted by Crippen LogP contribution is -2.38. The van der Waals surface area contributed by atoms with E-state index < -0.39 is 0 Å². The van der Waals surface area contributed by atoms with Crippen LogP contribution in [0.25, 0.3) is 0 Å². The van der Waals surface area contributed by atoms with Gasteiger partial charge in [0.1, 0.15) is 0 Å². The summed E-state index contributed by atoms with van der Waals surface area (Å²) < 4.78 is 0. The Bertz CT molecular complexity index is 204. The average Bonchev–Trinajstić information content (AvgIpc) is 2.13. The molecule has 0 aromatic rings. The lowest BCUT2D eigenvalue weighted by atomic mass is 10.3. The molecule has 0 saturated heterocycles. The van der Waals surface area contributed by atoms with Crippen LogP contribution in [0.5, 0.6) is 0 Å². The Morgan fingerprint density at radius 1 is 1.14 bits per heavy atom. The quantitative estimate of drug-likeness (QED) is 0.630. The van der Waals surface area contributed by atoms with Crippen LogP contribution in [0.3, 0.4) is 0 Å². The number of likely N-dealkylation sites (N-methyl/N-ethyl adjacent to an activating group) is 2. The second-order valence-corrected chi connectivity index (χ2v) is 3.39. The molecule has 14 heavy (non-hydrogen) atoms. The minimum absolute atomic E-state index is 0.0189. The molecular formula is C9H19N3O2. The highest BCUT2D eigenvalue weighted by Gasteiger charge is 2.12. The molecule has 82 valence electrons. The van der Waals surface area contributed by atoms with Crippen LogP contribution in [-0.2, 0) is 9.59 Å². The Kier molecular flexibility index (Phi) is 5.87. The zero-order valence-corrected chi connectivity index (χ0v) is 9.33. The molecule has 0 aromatic carbocycles. The van der Waals surface area contributed by atoms with Gasteiger partial charge in [0.05, 0.1) is 6.54 Å². The summed E-state index contributed by atoms with van der Waals surface area (Å²) in [5.74, 6) is -0.0835. The molecular weight excluding hydrogens is 182 g/mol. The lowest BCUT2D eigenvalue weighted by Gasteiger charge is -2.19. The first-order valence-electron chi connectivity index (χ1n) is 4.57. The monoisotopic (exact) mass is 201 g/mol. The van der Waals surface area contributed by atoms with Gasteiger partial charge in [0.15, 0.2) is 0 Å². The normalized spacial score (nSPS) is 9.71. The standard InChI is InChI=1S/C9H19N3O2/c1-10-6-5-8(13)12(4)7-9(14)11(2)3/h10H,5-7H2,1-4H3. The summed E-state index contributed by atoms with van der Waals surface area (Å²) in [5.41, 5.74) is 0. The molecule has 0 saturated carbocycles. The average molecular weight is 201 g/mol. The van der Waals surface area contributed by atoms with Gasteiger partial charge in [-0.25, -0.2) is 0 Å². The van der Waals surface area contributed by atoms with Gasteiger partial charge in [-0.15, -0.1) is 0 Å². The highest BCUT2D eigenvalue weighted by Crippen LogP contribution is 1.91. The molecule has 5 nitrogen and oxygen atoms in total. The van der Waals surface area contributed by atoms with Gasteiger partial charge in [0, 0.05) is 34.1 Å². The van der Waals surface area contributed by atoms with Crippen molar-refractivity contribution >= 4 is 11.8 Å². The topological polar surface area (TPSA) is 52.7 Å². The smallest absolute Gasteiger partial charge is 0.241 e. The van der Waals surface area contributed by atoms with Crippen molar-refractivity contribution in [3.8, 4) is 0 Å². The first-order valence-corrected chi connectivity index (χ1v) is 4.57. The van der Waals surface area contributed by atoms with E-state index in [1.165, 1.54) is 9.80 Å². The Morgan fingerprint density at radius 2 is 1.71 bits per heavy atom. The van der Waals surface area contributed by atoms with Gasteiger partial charge in [0.25, 0.3) is 0 Å². The first kappa shape index (κ1) is 12.9. The van der Waals surface area contributed by atoms with Crippen molar-refractivity contribution in [1.29, 1.82) is 0 Å². The molecule has 0 aliphatic rings. The van der Waals surface area contributed by atoms with E-state index in [9.17, 15) is 9.59 Å². The fraction of sp³-hybridized carbons (Fsp3) is 0.778. The highest BCUT2D eigenvalue weighted by molar-refractivity contribution is 5.84. The maximum absolute atomic E-state index is 11.4. The largest absolute Gasteiger partial charge is 0.347 e. The second-order valence-electron chi connectivity index (χ2n) is 3.39. The van der Waals surface area contributed by atoms with E-state index in [-0.39, 0.29) is 18.4 Å². The van der Waals surface area contributed by atoms with Crippen molar-refractivity contribution in [2.24, 2.45) is 0 Å². The molecule has 0 rings (SSSR count). The third kappa shape index (κ3) is 4.81. The first-order chi connectivity index (χ1) is 6.49. The molecule has 5 heteroatoms. The van der Waals surface area contributed by atoms with Gasteiger partial charge in [-0.05, 0) is 7.05 Å². The van der Waals surface area contributed by atoms with Crippen LogP contribution in [0.2, 0.25) is 0 Å². The maximum atomic E-state index is 11.4. The van der Waals surface area contributed by atoms with Crippen molar-refractivity contribution in [3.05, 3.63) is 0 Å². The van der Waals surface area contributed by atoms with Gasteiger partial charge in [-0.3, -0.25) is 9.59 Å². The van der Waals surface area contributed by atoms with E-state index in [1.807, 2.05) is 0 Å². The fourth-order valence-corrected chi connectivity index (χ4v) is 0.855. The van der Waals surface area contributed by atoms with E-state index in [0.717, 1.165) is 0 Å². The SMILES string of the molecule is CNCCC(=O)N(C)CC(=O)N(C)C. The number of carbonyl (C=O) groups is 2. The van der Waals surface area contributed by atoms with Gasteiger partial charge < -0.3 is 15.1 Å². The highest BCUT2D eigenvalue weighted by atomic mass is 16.2. The summed E-state index contributed by atoms with van der Waals surface area (Å²) in [4.78, 5) is 25.5. The number of nitrogens with one attached hydrogen (secondary N) is 1. The summed E-state index contributed by atoms with van der Waals surface area (Å²) in [6, 6.07) is 0. The molecule has 0 bridgehead atoms. The number of hydrogen-bond donors (Lipinski definition) is 1. The lowest BCUT2D eigenvalue weighted by molar-refractivity contribution is -0.137. The van der Waals surface area contributed by atoms with Crippen LogP contribution in [0.15, 0.2) is 0 Å². The third-order valence-electron chi connectivity index (χ3n) is 1.89. The molecule has 0 aliphatic heterocycles. The van der Waals surface area contributed by atoms with E-state index >= 15 is 0 Å². The summed E-state index contributed by atoms with van der Waals surface area (Å²) in [6.07, 6.45) is 0.424. The summed E-state index contributed by atoms with van der Waals surface area (Å²) in [5, 5.41) is 2.89. The Labute approximate surface area is 85.1 Å². The predicted octanol–water partition coefficient (Wildman–Crippen LogP) is -0.857. The van der Waals surface area contributed by atoms with Crippen molar-refractivity contribution in [2.75, 3.05) is 41.3 Å². The second kappa shape index (κ2) is 6.37. The van der Waals surface area contributed by atoms with Crippen LogP contribution in [0.1, 0.15) is 6.42 Å². The van der Waals surface area contributed by atoms with Crippen LogP contribution in [-0.4, -0.2) is 62.9 Å². The minimum atomic E-state index is -0.0645. The number of nitrogens with zero attached hydrogens (tertiary/aromatic N) is 2. The summed E-state index contributed by atoms with van der Waals surface area (Å²) >= 11 is 0. The predicted molar refractivity (Wildman–Crippen MR) is 54.9 cm³/mol. The number of hydrogen-bond acceptors (Lipinski definition) is 3. The van der Waals surface area contributed by atoms with Crippen LogP contribution in [0, 0.1) is 0 Å². The molecule has 0 spiro atoms. The van der Waals surface area contributed by atoms with Crippen LogP contribution in [0.4, 0.5) is 0 Å². The fourth-order valence-electron chi connectivity index (χ4n) is 0.855. The summed E-state index contributed by atoms with van der Waals surface area (Å²) in [6.45, 7) is 0.787. The Hall–Kier alpha value is -1.10. The van der Waals surface area contributed by atoms with Crippen molar-refractivity contribution < 1.29 is 9.59 Å². The molecule has 0 heterocycles. The molecule has 0 atom stereocenters. The van der Waals surface area contributed by atoms with Gasteiger partial charge in [-0.2, -0.15) is 0 Å². The van der Waals surface area contributed by atoms with Gasteiger partial charge >= 0.3 is 0 Å². The maximum Gasteiger partial charge on any atom is 0.241 e. The molecule has 0 unspecified atom stereocenters. The zero-order valence-electron chi connectivity index (χ0n) is 9.33. The molecule has 0 aromatic heterocycles. The molecule has 2 amide bonds. The van der Waals surface area contributed by atoms with E-state index in [2.05, 4.69) is 5.32 Å².